The topological polar surface area (TPSA) is 53.6 Å². The molecule has 1 unspecified atom stereocenters. The van der Waals surface area contributed by atoms with Crippen molar-refractivity contribution in [2.45, 2.75) is 51.2 Å². The number of amides is 1. The van der Waals surface area contributed by atoms with Crippen LogP contribution in [0.15, 0.2) is 0 Å². The van der Waals surface area contributed by atoms with Gasteiger partial charge in [0.05, 0.1) is 13.2 Å². The first-order valence-electron chi connectivity index (χ1n) is 7.33. The van der Waals surface area contributed by atoms with Gasteiger partial charge in [0, 0.05) is 31.2 Å². The molecule has 0 radical (unpaired) electrons. The fourth-order valence-electron chi connectivity index (χ4n) is 2.73. The van der Waals surface area contributed by atoms with Crippen molar-refractivity contribution in [3.8, 4) is 0 Å². The number of morpholine rings is 1. The summed E-state index contributed by atoms with van der Waals surface area (Å²) >= 11 is 0. The Labute approximate surface area is 116 Å². The van der Waals surface area contributed by atoms with Crippen molar-refractivity contribution in [1.29, 1.82) is 0 Å². The fourth-order valence-corrected chi connectivity index (χ4v) is 2.73. The Bertz CT molecular complexity index is 300. The molecule has 2 saturated heterocycles. The van der Waals surface area contributed by atoms with E-state index in [4.69, 9.17) is 4.74 Å². The van der Waals surface area contributed by atoms with Gasteiger partial charge in [-0.1, -0.05) is 0 Å². The standard InChI is InChI=1S/C14H27N3O2/c1-14(2,3)17-7-4-11(5-8-17)16-13(18)12-10-19-9-6-15-12/h11-12,15H,4-10H2,1-3H3,(H,16,18). The maximum absolute atomic E-state index is 12.1. The first kappa shape index (κ1) is 14.8. The van der Waals surface area contributed by atoms with E-state index in [0.29, 0.717) is 19.3 Å². The third-order valence-electron chi connectivity index (χ3n) is 4.03. The molecule has 0 aliphatic carbocycles. The number of piperidine rings is 1. The van der Waals surface area contributed by atoms with Gasteiger partial charge in [0.15, 0.2) is 0 Å². The minimum absolute atomic E-state index is 0.0916. The van der Waals surface area contributed by atoms with Gasteiger partial charge in [-0.05, 0) is 33.6 Å². The van der Waals surface area contributed by atoms with Crippen molar-refractivity contribution in [1.82, 2.24) is 15.5 Å². The number of hydrogen-bond acceptors (Lipinski definition) is 4. The molecule has 2 aliphatic rings. The fraction of sp³-hybridized carbons (Fsp3) is 0.929. The molecule has 0 bridgehead atoms. The Morgan fingerprint density at radius 1 is 1.32 bits per heavy atom. The summed E-state index contributed by atoms with van der Waals surface area (Å²) in [5.41, 5.74) is 0.230. The lowest BCUT2D eigenvalue weighted by Crippen LogP contribution is -2.56. The number of carbonyl (C=O) groups excluding carboxylic acids is 1. The van der Waals surface area contributed by atoms with Gasteiger partial charge < -0.3 is 15.4 Å². The van der Waals surface area contributed by atoms with E-state index in [9.17, 15) is 4.79 Å². The van der Waals surface area contributed by atoms with Crippen LogP contribution in [0, 0.1) is 0 Å². The summed E-state index contributed by atoms with van der Waals surface area (Å²) in [6.07, 6.45) is 2.08. The zero-order valence-electron chi connectivity index (χ0n) is 12.4. The van der Waals surface area contributed by atoms with Crippen LogP contribution in [-0.2, 0) is 9.53 Å². The number of nitrogens with one attached hydrogen (secondary N) is 2. The average Bonchev–Trinajstić information content (AvgIpc) is 2.39. The highest BCUT2D eigenvalue weighted by Crippen LogP contribution is 2.20. The van der Waals surface area contributed by atoms with Crippen LogP contribution in [-0.4, -0.2) is 61.3 Å². The van der Waals surface area contributed by atoms with Gasteiger partial charge in [0.25, 0.3) is 0 Å². The number of ether oxygens (including phenoxy) is 1. The van der Waals surface area contributed by atoms with E-state index in [2.05, 4.69) is 36.3 Å². The highest BCUT2D eigenvalue weighted by Gasteiger charge is 2.29. The molecule has 5 nitrogen and oxygen atoms in total. The van der Waals surface area contributed by atoms with Crippen molar-refractivity contribution in [2.75, 3.05) is 32.8 Å². The summed E-state index contributed by atoms with van der Waals surface area (Å²) in [5.74, 6) is 0.0916. The minimum Gasteiger partial charge on any atom is -0.378 e. The molecule has 2 rings (SSSR count). The average molecular weight is 269 g/mol. The lowest BCUT2D eigenvalue weighted by atomic mass is 9.98. The Kier molecular flexibility index (Phi) is 4.81. The van der Waals surface area contributed by atoms with Crippen LogP contribution >= 0.6 is 0 Å². The molecule has 2 aliphatic heterocycles. The van der Waals surface area contributed by atoms with Crippen molar-refractivity contribution in [3.05, 3.63) is 0 Å². The molecule has 0 aromatic carbocycles. The molecule has 0 spiro atoms. The largest absolute Gasteiger partial charge is 0.378 e. The Hall–Kier alpha value is -0.650. The molecule has 1 amide bonds. The normalized spacial score (nSPS) is 27.2. The third-order valence-corrected chi connectivity index (χ3v) is 4.03. The smallest absolute Gasteiger partial charge is 0.239 e. The number of carbonyl (C=O) groups is 1. The lowest BCUT2D eigenvalue weighted by Gasteiger charge is -2.41. The first-order chi connectivity index (χ1) is 8.97. The second-order valence-electron chi connectivity index (χ2n) is 6.52. The van der Waals surface area contributed by atoms with Gasteiger partial charge in [-0.15, -0.1) is 0 Å². The third kappa shape index (κ3) is 4.16. The number of likely N-dealkylation sites (tertiary alicyclic amines) is 1. The number of hydrogen-bond donors (Lipinski definition) is 2. The molecule has 2 fully saturated rings. The molecule has 0 aromatic rings. The highest BCUT2D eigenvalue weighted by atomic mass is 16.5. The van der Waals surface area contributed by atoms with Crippen LogP contribution in [0.25, 0.3) is 0 Å². The van der Waals surface area contributed by atoms with Crippen molar-refractivity contribution in [3.63, 3.8) is 0 Å². The molecule has 2 N–H and O–H groups in total. The molecule has 110 valence electrons. The van der Waals surface area contributed by atoms with Crippen LogP contribution < -0.4 is 10.6 Å². The van der Waals surface area contributed by atoms with E-state index in [0.717, 1.165) is 32.5 Å². The predicted molar refractivity (Wildman–Crippen MR) is 75.1 cm³/mol. The van der Waals surface area contributed by atoms with E-state index in [1.807, 2.05) is 0 Å². The van der Waals surface area contributed by atoms with Gasteiger partial charge in [-0.2, -0.15) is 0 Å². The second kappa shape index (κ2) is 6.20. The van der Waals surface area contributed by atoms with Gasteiger partial charge in [0.1, 0.15) is 6.04 Å². The Morgan fingerprint density at radius 2 is 2.00 bits per heavy atom. The summed E-state index contributed by atoms with van der Waals surface area (Å²) in [6, 6.07) is 0.143. The number of nitrogens with zero attached hydrogens (tertiary/aromatic N) is 1. The highest BCUT2D eigenvalue weighted by molar-refractivity contribution is 5.82. The quantitative estimate of drug-likeness (QED) is 0.760. The SMILES string of the molecule is CC(C)(C)N1CCC(NC(=O)C2COCCN2)CC1. The Balaban J connectivity index is 1.74. The van der Waals surface area contributed by atoms with Crippen LogP contribution in [0.1, 0.15) is 33.6 Å². The molecule has 1 atom stereocenters. The monoisotopic (exact) mass is 269 g/mol. The van der Waals surface area contributed by atoms with E-state index < -0.39 is 0 Å². The van der Waals surface area contributed by atoms with Crippen molar-refractivity contribution < 1.29 is 9.53 Å². The summed E-state index contributed by atoms with van der Waals surface area (Å²) in [5, 5.41) is 6.35. The molecular weight excluding hydrogens is 242 g/mol. The molecule has 5 heteroatoms. The van der Waals surface area contributed by atoms with Gasteiger partial charge in [-0.25, -0.2) is 0 Å². The zero-order valence-corrected chi connectivity index (χ0v) is 12.4. The molecule has 19 heavy (non-hydrogen) atoms. The summed E-state index contributed by atoms with van der Waals surface area (Å²) in [6.45, 7) is 10.8. The van der Waals surface area contributed by atoms with E-state index >= 15 is 0 Å². The summed E-state index contributed by atoms with van der Waals surface area (Å²) in [7, 11) is 0. The second-order valence-corrected chi connectivity index (χ2v) is 6.52. The Morgan fingerprint density at radius 3 is 2.53 bits per heavy atom. The molecule has 0 aromatic heterocycles. The van der Waals surface area contributed by atoms with Crippen molar-refractivity contribution >= 4 is 5.91 Å². The van der Waals surface area contributed by atoms with Gasteiger partial charge in [-0.3, -0.25) is 9.69 Å². The van der Waals surface area contributed by atoms with Crippen LogP contribution in [0.2, 0.25) is 0 Å². The number of rotatable bonds is 2. The summed E-state index contributed by atoms with van der Waals surface area (Å²) in [4.78, 5) is 14.6. The van der Waals surface area contributed by atoms with E-state index in [1.54, 1.807) is 0 Å². The lowest BCUT2D eigenvalue weighted by molar-refractivity contribution is -0.127. The minimum atomic E-state index is -0.172. The van der Waals surface area contributed by atoms with Crippen molar-refractivity contribution in [2.24, 2.45) is 0 Å². The van der Waals surface area contributed by atoms with Crippen LogP contribution in [0.3, 0.4) is 0 Å². The zero-order chi connectivity index (χ0) is 13.9. The molecule has 2 heterocycles. The molecular formula is C14H27N3O2. The maximum Gasteiger partial charge on any atom is 0.239 e. The predicted octanol–water partition coefficient (Wildman–Crippen LogP) is 0.354. The molecule has 0 saturated carbocycles. The summed E-state index contributed by atoms with van der Waals surface area (Å²) < 4.78 is 5.32. The van der Waals surface area contributed by atoms with E-state index in [1.165, 1.54) is 0 Å². The van der Waals surface area contributed by atoms with E-state index in [-0.39, 0.29) is 17.5 Å². The maximum atomic E-state index is 12.1. The van der Waals surface area contributed by atoms with Crippen LogP contribution in [0.5, 0.6) is 0 Å². The van der Waals surface area contributed by atoms with Gasteiger partial charge in [0.2, 0.25) is 5.91 Å². The van der Waals surface area contributed by atoms with Gasteiger partial charge >= 0.3 is 0 Å². The van der Waals surface area contributed by atoms with Crippen LogP contribution in [0.4, 0.5) is 0 Å². The first-order valence-corrected chi connectivity index (χ1v) is 7.33.